The Morgan fingerprint density at radius 2 is 1.88 bits per heavy atom. The molecule has 1 heterocycles. The lowest BCUT2D eigenvalue weighted by Gasteiger charge is -2.12. The number of thiophene rings is 1. The van der Waals surface area contributed by atoms with Gasteiger partial charge in [-0.1, -0.05) is 36.4 Å². The van der Waals surface area contributed by atoms with Gasteiger partial charge in [0, 0.05) is 0 Å². The van der Waals surface area contributed by atoms with Crippen molar-refractivity contribution in [2.24, 2.45) is 0 Å². The summed E-state index contributed by atoms with van der Waals surface area (Å²) in [5.74, 6) is 0.782. The number of benzene rings is 2. The summed E-state index contributed by atoms with van der Waals surface area (Å²) < 4.78 is 33.1. The van der Waals surface area contributed by atoms with Crippen molar-refractivity contribution in [1.29, 1.82) is 0 Å². The van der Waals surface area contributed by atoms with Crippen molar-refractivity contribution in [1.82, 2.24) is 0 Å². The van der Waals surface area contributed by atoms with Crippen LogP contribution in [0.25, 0.3) is 0 Å². The lowest BCUT2D eigenvalue weighted by molar-refractivity contribution is 0.414. The number of hydrogen-bond donors (Lipinski definition) is 1. The zero-order valence-electron chi connectivity index (χ0n) is 13.1. The summed E-state index contributed by atoms with van der Waals surface area (Å²) in [6.07, 6.45) is 0.611. The van der Waals surface area contributed by atoms with E-state index in [1.807, 2.05) is 42.5 Å². The van der Waals surface area contributed by atoms with Gasteiger partial charge >= 0.3 is 0 Å². The van der Waals surface area contributed by atoms with Crippen molar-refractivity contribution in [3.8, 4) is 5.75 Å². The third-order valence-corrected chi connectivity index (χ3v) is 6.31. The first-order valence-corrected chi connectivity index (χ1v) is 9.72. The first-order chi connectivity index (χ1) is 11.6. The summed E-state index contributed by atoms with van der Waals surface area (Å²) in [5, 5.41) is 1.75. The maximum Gasteiger partial charge on any atom is 0.271 e. The Morgan fingerprint density at radius 1 is 1.04 bits per heavy atom. The fourth-order valence-corrected chi connectivity index (χ4v) is 4.48. The highest BCUT2D eigenvalue weighted by Crippen LogP contribution is 2.25. The van der Waals surface area contributed by atoms with Crippen LogP contribution in [0.3, 0.4) is 0 Å². The normalized spacial score (nSPS) is 11.2. The van der Waals surface area contributed by atoms with Gasteiger partial charge in [-0.3, -0.25) is 4.72 Å². The third-order valence-electron chi connectivity index (χ3n) is 3.55. The molecular formula is C18H17NO3S2. The summed E-state index contributed by atoms with van der Waals surface area (Å²) in [6, 6.07) is 18.5. The van der Waals surface area contributed by atoms with Gasteiger partial charge in [-0.15, -0.1) is 11.3 Å². The molecule has 0 fully saturated rings. The van der Waals surface area contributed by atoms with Crippen molar-refractivity contribution in [3.63, 3.8) is 0 Å². The van der Waals surface area contributed by atoms with E-state index in [1.165, 1.54) is 11.3 Å². The molecule has 0 saturated carbocycles. The van der Waals surface area contributed by atoms with Crippen LogP contribution in [0.4, 0.5) is 5.69 Å². The second kappa shape index (κ2) is 7.07. The molecule has 0 radical (unpaired) electrons. The monoisotopic (exact) mass is 359 g/mol. The Bertz CT molecular complexity index is 919. The zero-order valence-corrected chi connectivity index (χ0v) is 14.7. The molecule has 0 unspecified atom stereocenters. The molecule has 0 spiro atoms. The first kappa shape index (κ1) is 16.5. The number of sulfonamides is 1. The van der Waals surface area contributed by atoms with E-state index in [1.54, 1.807) is 30.7 Å². The minimum atomic E-state index is -3.55. The van der Waals surface area contributed by atoms with Crippen molar-refractivity contribution in [2.75, 3.05) is 11.8 Å². The number of rotatable bonds is 6. The highest BCUT2D eigenvalue weighted by molar-refractivity contribution is 7.94. The van der Waals surface area contributed by atoms with Crippen LogP contribution in [-0.4, -0.2) is 15.5 Å². The summed E-state index contributed by atoms with van der Waals surface area (Å²) in [5.41, 5.74) is 2.55. The average molecular weight is 359 g/mol. The summed E-state index contributed by atoms with van der Waals surface area (Å²) in [6.45, 7) is 0. The summed E-state index contributed by atoms with van der Waals surface area (Å²) in [4.78, 5) is 0. The van der Waals surface area contributed by atoms with Crippen LogP contribution in [0.5, 0.6) is 5.75 Å². The molecule has 3 aromatic rings. The number of hydrogen-bond acceptors (Lipinski definition) is 4. The Morgan fingerprint density at radius 3 is 2.62 bits per heavy atom. The average Bonchev–Trinajstić information content (AvgIpc) is 3.12. The molecule has 0 aliphatic rings. The van der Waals surface area contributed by atoms with Gasteiger partial charge < -0.3 is 4.74 Å². The number of para-hydroxylation sites is 1. The minimum absolute atomic E-state index is 0.304. The molecule has 1 aromatic heterocycles. The Hall–Kier alpha value is -2.31. The van der Waals surface area contributed by atoms with Gasteiger partial charge in [0.2, 0.25) is 0 Å². The van der Waals surface area contributed by atoms with Crippen LogP contribution >= 0.6 is 11.3 Å². The minimum Gasteiger partial charge on any atom is -0.497 e. The second-order valence-electron chi connectivity index (χ2n) is 5.22. The Labute approximate surface area is 145 Å². The van der Waals surface area contributed by atoms with Crippen LogP contribution in [0.1, 0.15) is 11.1 Å². The van der Waals surface area contributed by atoms with Gasteiger partial charge in [-0.2, -0.15) is 0 Å². The number of ether oxygens (including phenoxy) is 1. The predicted molar refractivity (Wildman–Crippen MR) is 97.4 cm³/mol. The number of anilines is 1. The molecule has 6 heteroatoms. The zero-order chi connectivity index (χ0) is 17.0. The fraction of sp³-hybridized carbons (Fsp3) is 0.111. The van der Waals surface area contributed by atoms with Crippen LogP contribution in [0.15, 0.2) is 70.3 Å². The largest absolute Gasteiger partial charge is 0.497 e. The highest BCUT2D eigenvalue weighted by Gasteiger charge is 2.16. The molecule has 0 saturated heterocycles. The molecule has 4 nitrogen and oxygen atoms in total. The number of nitrogens with one attached hydrogen (secondary N) is 1. The summed E-state index contributed by atoms with van der Waals surface area (Å²) in [7, 11) is -1.93. The van der Waals surface area contributed by atoms with E-state index in [0.717, 1.165) is 16.9 Å². The SMILES string of the molecule is COc1cccc(Cc2ccccc2NS(=O)(=O)c2cccs2)c1. The maximum atomic E-state index is 12.4. The molecule has 2 aromatic carbocycles. The van der Waals surface area contributed by atoms with Gasteiger partial charge in [0.1, 0.15) is 9.96 Å². The smallest absolute Gasteiger partial charge is 0.271 e. The highest BCUT2D eigenvalue weighted by atomic mass is 32.2. The van der Waals surface area contributed by atoms with Gasteiger partial charge in [-0.05, 0) is 47.2 Å². The van der Waals surface area contributed by atoms with Gasteiger partial charge in [0.05, 0.1) is 12.8 Å². The van der Waals surface area contributed by atoms with Gasteiger partial charge in [0.15, 0.2) is 0 Å². The van der Waals surface area contributed by atoms with Crippen LogP contribution in [0, 0.1) is 0 Å². The molecule has 0 aliphatic heterocycles. The molecule has 0 aliphatic carbocycles. The van der Waals surface area contributed by atoms with Gasteiger partial charge in [0.25, 0.3) is 10.0 Å². The Balaban J connectivity index is 1.88. The second-order valence-corrected chi connectivity index (χ2v) is 8.08. The van der Waals surface area contributed by atoms with E-state index in [9.17, 15) is 8.42 Å². The van der Waals surface area contributed by atoms with Crippen molar-refractivity contribution < 1.29 is 13.2 Å². The quantitative estimate of drug-likeness (QED) is 0.719. The predicted octanol–water partition coefficient (Wildman–Crippen LogP) is 4.15. The standard InChI is InChI=1S/C18H17NO3S2/c1-22-16-8-4-6-14(13-16)12-15-7-2-3-9-17(15)19-24(20,21)18-10-5-11-23-18/h2-11,13,19H,12H2,1H3. The molecule has 124 valence electrons. The molecule has 3 rings (SSSR count). The number of methoxy groups -OCH3 is 1. The van der Waals surface area contributed by atoms with E-state index >= 15 is 0 Å². The molecule has 1 N–H and O–H groups in total. The van der Waals surface area contributed by atoms with Crippen LogP contribution in [0.2, 0.25) is 0 Å². The van der Waals surface area contributed by atoms with Crippen molar-refractivity contribution >= 4 is 27.0 Å². The van der Waals surface area contributed by atoms with Crippen LogP contribution in [-0.2, 0) is 16.4 Å². The van der Waals surface area contributed by atoms with Crippen LogP contribution < -0.4 is 9.46 Å². The molecule has 0 amide bonds. The van der Waals surface area contributed by atoms with Crippen molar-refractivity contribution in [2.45, 2.75) is 10.6 Å². The molecular weight excluding hydrogens is 342 g/mol. The van der Waals surface area contributed by atoms with E-state index in [4.69, 9.17) is 4.74 Å². The van der Waals surface area contributed by atoms with Gasteiger partial charge in [-0.25, -0.2) is 8.42 Å². The van der Waals surface area contributed by atoms with E-state index in [-0.39, 0.29) is 0 Å². The first-order valence-electron chi connectivity index (χ1n) is 7.35. The fourth-order valence-electron chi connectivity index (χ4n) is 2.39. The summed E-state index contributed by atoms with van der Waals surface area (Å²) >= 11 is 1.20. The Kier molecular flexibility index (Phi) is 4.87. The van der Waals surface area contributed by atoms with E-state index < -0.39 is 10.0 Å². The molecule has 0 atom stereocenters. The lowest BCUT2D eigenvalue weighted by Crippen LogP contribution is -2.13. The maximum absolute atomic E-state index is 12.4. The molecule has 24 heavy (non-hydrogen) atoms. The lowest BCUT2D eigenvalue weighted by atomic mass is 10.0. The van der Waals surface area contributed by atoms with Crippen molar-refractivity contribution in [3.05, 3.63) is 77.2 Å². The molecule has 0 bridgehead atoms. The van der Waals surface area contributed by atoms with E-state index in [2.05, 4.69) is 4.72 Å². The topological polar surface area (TPSA) is 55.4 Å². The third kappa shape index (κ3) is 3.77. The van der Waals surface area contributed by atoms with E-state index in [0.29, 0.717) is 16.3 Å².